The van der Waals surface area contributed by atoms with E-state index >= 15 is 0 Å². The maximum atomic E-state index is 8.79. The van der Waals surface area contributed by atoms with Gasteiger partial charge in [0.2, 0.25) is 0 Å². The van der Waals surface area contributed by atoms with Gasteiger partial charge in [0.05, 0.1) is 24.3 Å². The maximum absolute atomic E-state index is 8.79. The van der Waals surface area contributed by atoms with Crippen molar-refractivity contribution in [3.8, 4) is 6.07 Å². The second kappa shape index (κ2) is 4.59. The Bertz CT molecular complexity index is 200. The summed E-state index contributed by atoms with van der Waals surface area (Å²) in [7, 11) is 0. The van der Waals surface area contributed by atoms with Crippen molar-refractivity contribution in [2.75, 3.05) is 0 Å². The Morgan fingerprint density at radius 2 is 2.31 bits per heavy atom. The molecule has 74 valence electrons. The minimum Gasteiger partial charge on any atom is -0.374 e. The molecule has 0 spiro atoms. The number of hydrogen-bond donors (Lipinski definition) is 1. The van der Waals surface area contributed by atoms with E-state index in [4.69, 9.17) is 10.00 Å². The normalized spacial score (nSPS) is 35.7. The molecule has 0 aromatic carbocycles. The van der Waals surface area contributed by atoms with E-state index in [9.17, 15) is 0 Å². The highest BCUT2D eigenvalue weighted by molar-refractivity contribution is 4.94. The summed E-state index contributed by atoms with van der Waals surface area (Å²) >= 11 is 0. The summed E-state index contributed by atoms with van der Waals surface area (Å²) in [4.78, 5) is 0. The van der Waals surface area contributed by atoms with Crippen molar-refractivity contribution in [2.24, 2.45) is 0 Å². The highest BCUT2D eigenvalue weighted by Crippen LogP contribution is 2.20. The van der Waals surface area contributed by atoms with Gasteiger partial charge in [-0.25, -0.2) is 0 Å². The highest BCUT2D eigenvalue weighted by atomic mass is 16.5. The molecule has 4 atom stereocenters. The molecule has 0 radical (unpaired) electrons. The summed E-state index contributed by atoms with van der Waals surface area (Å²) in [6.07, 6.45) is 2.43. The molecule has 0 aromatic rings. The van der Waals surface area contributed by atoms with Crippen molar-refractivity contribution < 1.29 is 4.74 Å². The zero-order chi connectivity index (χ0) is 9.84. The summed E-state index contributed by atoms with van der Waals surface area (Å²) in [5, 5.41) is 12.1. The molecule has 3 nitrogen and oxygen atoms in total. The second-order valence-corrected chi connectivity index (χ2v) is 3.75. The first-order valence-electron chi connectivity index (χ1n) is 4.98. The minimum atomic E-state index is -0.0265. The van der Waals surface area contributed by atoms with Gasteiger partial charge >= 0.3 is 0 Å². The van der Waals surface area contributed by atoms with E-state index < -0.39 is 0 Å². The van der Waals surface area contributed by atoms with Crippen molar-refractivity contribution in [3.63, 3.8) is 0 Å². The van der Waals surface area contributed by atoms with Gasteiger partial charge in [-0.1, -0.05) is 6.92 Å². The molecule has 0 aromatic heterocycles. The third kappa shape index (κ3) is 2.68. The van der Waals surface area contributed by atoms with Gasteiger partial charge in [0.25, 0.3) is 0 Å². The number of nitrogens with zero attached hydrogens (tertiary/aromatic N) is 1. The van der Waals surface area contributed by atoms with Crippen LogP contribution in [-0.2, 0) is 4.74 Å². The molecule has 1 aliphatic heterocycles. The first-order chi connectivity index (χ1) is 6.17. The molecule has 0 saturated carbocycles. The van der Waals surface area contributed by atoms with Gasteiger partial charge in [0.1, 0.15) is 0 Å². The third-order valence-electron chi connectivity index (χ3n) is 2.58. The largest absolute Gasteiger partial charge is 0.374 e. The SMILES string of the molecule is CCC(C#N)NC1CC(C)OC1C. The van der Waals surface area contributed by atoms with E-state index in [1.54, 1.807) is 0 Å². The molecule has 1 fully saturated rings. The van der Waals surface area contributed by atoms with Crippen molar-refractivity contribution in [1.82, 2.24) is 5.32 Å². The van der Waals surface area contributed by atoms with Crippen LogP contribution in [0, 0.1) is 11.3 Å². The minimum absolute atomic E-state index is 0.0265. The van der Waals surface area contributed by atoms with Crippen LogP contribution in [0.1, 0.15) is 33.6 Å². The molecule has 13 heavy (non-hydrogen) atoms. The van der Waals surface area contributed by atoms with Gasteiger partial charge < -0.3 is 4.74 Å². The van der Waals surface area contributed by atoms with E-state index in [-0.39, 0.29) is 12.1 Å². The predicted molar refractivity (Wildman–Crippen MR) is 51.2 cm³/mol. The molecule has 0 amide bonds. The quantitative estimate of drug-likeness (QED) is 0.718. The van der Waals surface area contributed by atoms with E-state index in [1.165, 1.54) is 0 Å². The molecule has 1 aliphatic rings. The van der Waals surface area contributed by atoms with Gasteiger partial charge in [-0.3, -0.25) is 5.32 Å². The van der Waals surface area contributed by atoms with Crippen molar-refractivity contribution in [2.45, 2.75) is 57.9 Å². The Morgan fingerprint density at radius 3 is 2.69 bits per heavy atom. The number of nitrogens with one attached hydrogen (secondary N) is 1. The van der Waals surface area contributed by atoms with Crippen LogP contribution >= 0.6 is 0 Å². The van der Waals surface area contributed by atoms with Gasteiger partial charge in [0, 0.05) is 6.04 Å². The standard InChI is InChI=1S/C10H18N2O/c1-4-9(6-11)12-10-5-7(2)13-8(10)3/h7-10,12H,4-5H2,1-3H3. The average molecular weight is 182 g/mol. The topological polar surface area (TPSA) is 45.0 Å². The van der Waals surface area contributed by atoms with Gasteiger partial charge in [0.15, 0.2) is 0 Å². The lowest BCUT2D eigenvalue weighted by atomic mass is 10.1. The number of nitriles is 1. The van der Waals surface area contributed by atoms with E-state index in [2.05, 4.69) is 25.2 Å². The fourth-order valence-corrected chi connectivity index (χ4v) is 1.77. The van der Waals surface area contributed by atoms with Crippen LogP contribution in [0.3, 0.4) is 0 Å². The van der Waals surface area contributed by atoms with Crippen LogP contribution in [0.4, 0.5) is 0 Å². The molecule has 1 saturated heterocycles. The lowest BCUT2D eigenvalue weighted by molar-refractivity contribution is 0.0600. The summed E-state index contributed by atoms with van der Waals surface area (Å²) < 4.78 is 5.59. The fourth-order valence-electron chi connectivity index (χ4n) is 1.77. The Labute approximate surface area is 80.1 Å². The molecule has 1 rings (SSSR count). The average Bonchev–Trinajstić information content (AvgIpc) is 2.41. The Morgan fingerprint density at radius 1 is 1.62 bits per heavy atom. The van der Waals surface area contributed by atoms with Crippen LogP contribution in [0.2, 0.25) is 0 Å². The van der Waals surface area contributed by atoms with Crippen LogP contribution in [0.5, 0.6) is 0 Å². The first kappa shape index (κ1) is 10.5. The smallest absolute Gasteiger partial charge is 0.0953 e. The predicted octanol–water partition coefficient (Wildman–Crippen LogP) is 1.44. The van der Waals surface area contributed by atoms with Crippen LogP contribution in [0.15, 0.2) is 0 Å². The van der Waals surface area contributed by atoms with Gasteiger partial charge in [-0.05, 0) is 26.7 Å². The zero-order valence-corrected chi connectivity index (χ0v) is 8.58. The summed E-state index contributed by atoms with van der Waals surface area (Å²) in [5.74, 6) is 0. The van der Waals surface area contributed by atoms with Crippen molar-refractivity contribution in [3.05, 3.63) is 0 Å². The monoisotopic (exact) mass is 182 g/mol. The molecular formula is C10H18N2O. The second-order valence-electron chi connectivity index (χ2n) is 3.75. The number of hydrogen-bond acceptors (Lipinski definition) is 3. The van der Waals surface area contributed by atoms with Crippen LogP contribution in [0.25, 0.3) is 0 Å². The Balaban J connectivity index is 2.41. The lowest BCUT2D eigenvalue weighted by Gasteiger charge is -2.18. The van der Waals surface area contributed by atoms with E-state index in [1.807, 2.05) is 6.92 Å². The number of rotatable bonds is 3. The van der Waals surface area contributed by atoms with E-state index in [0.29, 0.717) is 12.1 Å². The Hall–Kier alpha value is -0.590. The third-order valence-corrected chi connectivity index (χ3v) is 2.58. The fraction of sp³-hybridized carbons (Fsp3) is 0.900. The molecule has 0 bridgehead atoms. The highest BCUT2D eigenvalue weighted by Gasteiger charge is 2.30. The molecule has 1 N–H and O–H groups in total. The Kier molecular flexibility index (Phi) is 3.71. The van der Waals surface area contributed by atoms with Gasteiger partial charge in [-0.2, -0.15) is 5.26 Å². The molecule has 4 unspecified atom stereocenters. The first-order valence-corrected chi connectivity index (χ1v) is 4.98. The van der Waals surface area contributed by atoms with Crippen LogP contribution < -0.4 is 5.32 Å². The van der Waals surface area contributed by atoms with E-state index in [0.717, 1.165) is 12.8 Å². The molecular weight excluding hydrogens is 164 g/mol. The van der Waals surface area contributed by atoms with Gasteiger partial charge in [-0.15, -0.1) is 0 Å². The number of ether oxygens (including phenoxy) is 1. The molecule has 3 heteroatoms. The zero-order valence-electron chi connectivity index (χ0n) is 8.58. The molecule has 1 heterocycles. The van der Waals surface area contributed by atoms with Crippen LogP contribution in [-0.4, -0.2) is 24.3 Å². The lowest BCUT2D eigenvalue weighted by Crippen LogP contribution is -2.41. The summed E-state index contributed by atoms with van der Waals surface area (Å²) in [6.45, 7) is 6.15. The van der Waals surface area contributed by atoms with Crippen molar-refractivity contribution >= 4 is 0 Å². The maximum Gasteiger partial charge on any atom is 0.0953 e. The summed E-state index contributed by atoms with van der Waals surface area (Å²) in [6, 6.07) is 2.57. The molecule has 0 aliphatic carbocycles. The summed E-state index contributed by atoms with van der Waals surface area (Å²) in [5.41, 5.74) is 0. The van der Waals surface area contributed by atoms with Crippen molar-refractivity contribution in [1.29, 1.82) is 5.26 Å².